The first-order chi connectivity index (χ1) is 30.4. The second-order valence-corrected chi connectivity index (χ2v) is 17.3. The van der Waals surface area contributed by atoms with E-state index in [4.69, 9.17) is 28.9 Å². The van der Waals surface area contributed by atoms with E-state index in [1.54, 1.807) is 11.1 Å². The number of ether oxygens (including phenoxy) is 4. The van der Waals surface area contributed by atoms with E-state index >= 15 is 0 Å². The first-order valence-corrected chi connectivity index (χ1v) is 21.7. The summed E-state index contributed by atoms with van der Waals surface area (Å²) in [7, 11) is 2.56. The van der Waals surface area contributed by atoms with Gasteiger partial charge in [0.15, 0.2) is 5.79 Å². The Morgan fingerprint density at radius 1 is 0.778 bits per heavy atom. The van der Waals surface area contributed by atoms with E-state index in [9.17, 15) is 19.2 Å². The number of rotatable bonds is 10. The second-order valence-electron chi connectivity index (χ2n) is 17.3. The van der Waals surface area contributed by atoms with Gasteiger partial charge in [-0.3, -0.25) is 9.59 Å². The number of carbonyl (C=O) groups excluding carboxylic acids is 4. The Morgan fingerprint density at radius 3 is 2.03 bits per heavy atom. The zero-order valence-electron chi connectivity index (χ0n) is 36.6. The summed E-state index contributed by atoms with van der Waals surface area (Å²) in [5.74, 6) is -0.564. The average Bonchev–Trinajstić information content (AvgIpc) is 4.14. The Balaban J connectivity index is 0.966. The van der Waals surface area contributed by atoms with Gasteiger partial charge in [0.2, 0.25) is 11.8 Å². The summed E-state index contributed by atoms with van der Waals surface area (Å²) in [5, 5.41) is 6.25. The molecule has 4 amide bonds. The molecule has 2 saturated heterocycles. The molecule has 4 atom stereocenters. The number of hydrogen-bond acceptors (Lipinski definition) is 10. The highest BCUT2D eigenvalue weighted by Crippen LogP contribution is 2.43. The van der Waals surface area contributed by atoms with Crippen molar-refractivity contribution in [2.75, 3.05) is 34.0 Å². The molecule has 1 spiro atoms. The molecule has 332 valence electrons. The molecule has 3 aromatic carbocycles. The van der Waals surface area contributed by atoms with Crippen LogP contribution in [0.5, 0.6) is 0 Å². The summed E-state index contributed by atoms with van der Waals surface area (Å²) in [6.07, 6.45) is 6.14. The molecule has 16 heteroatoms. The zero-order chi connectivity index (χ0) is 44.4. The lowest BCUT2D eigenvalue weighted by molar-refractivity contribution is -0.153. The number of fused-ring (bicyclic) bond motifs is 1. The van der Waals surface area contributed by atoms with Crippen molar-refractivity contribution in [3.8, 4) is 33.6 Å². The van der Waals surface area contributed by atoms with Gasteiger partial charge in [-0.1, -0.05) is 75.2 Å². The number of amides is 4. The molecule has 5 aromatic rings. The predicted octanol–water partition coefficient (Wildman–Crippen LogP) is 7.47. The third-order valence-electron chi connectivity index (χ3n) is 12.6. The Morgan fingerprint density at radius 2 is 1.37 bits per heavy atom. The standard InChI is InChI=1S/C47H56N8O8/c1-27(2)40(52-45(58)60-5)44(57)54-26-47(62-19-20-63-47)23-39(54)42-49-24-37(51-42)30-13-11-29(12-14-30)31-15-16-33-22-34(18-17-32(33)21-31)38-25-48-41(50-38)35-9-7-8-10-36(35)43(56)55(28(3)4)53-46(59)61-6/h11-18,21-22,24-25,27-28,35-36,39-40H,7-10,19-20,23,26H2,1-6H3,(H,48,50)(H,49,51)(H,52,58)(H,53,59)/t35-,36+,39-,40?/m0/s1. The number of hydrazine groups is 1. The van der Waals surface area contributed by atoms with Crippen LogP contribution in [-0.4, -0.2) is 106 Å². The van der Waals surface area contributed by atoms with Crippen LogP contribution in [0.2, 0.25) is 0 Å². The van der Waals surface area contributed by atoms with Crippen LogP contribution in [0.3, 0.4) is 0 Å². The number of aromatic nitrogens is 4. The fourth-order valence-corrected chi connectivity index (χ4v) is 9.17. The number of nitrogens with zero attached hydrogens (tertiary/aromatic N) is 4. The van der Waals surface area contributed by atoms with Gasteiger partial charge in [0.25, 0.3) is 0 Å². The molecule has 63 heavy (non-hydrogen) atoms. The summed E-state index contributed by atoms with van der Waals surface area (Å²) in [5.41, 5.74) is 8.34. The van der Waals surface area contributed by atoms with Crippen molar-refractivity contribution in [3.05, 3.63) is 84.7 Å². The third-order valence-corrected chi connectivity index (χ3v) is 12.6. The zero-order valence-corrected chi connectivity index (χ0v) is 36.6. The summed E-state index contributed by atoms with van der Waals surface area (Å²) < 4.78 is 21.6. The van der Waals surface area contributed by atoms with E-state index in [1.807, 2.05) is 46.0 Å². The Hall–Kier alpha value is -6.26. The third kappa shape index (κ3) is 9.00. The van der Waals surface area contributed by atoms with Gasteiger partial charge in [-0.15, -0.1) is 0 Å². The quantitative estimate of drug-likeness (QED) is 0.102. The van der Waals surface area contributed by atoms with E-state index in [1.165, 1.54) is 19.2 Å². The van der Waals surface area contributed by atoms with E-state index in [0.717, 1.165) is 69.5 Å². The van der Waals surface area contributed by atoms with Crippen LogP contribution >= 0.6 is 0 Å². The first kappa shape index (κ1) is 43.4. The minimum Gasteiger partial charge on any atom is -0.453 e. The lowest BCUT2D eigenvalue weighted by Crippen LogP contribution is -2.53. The Kier molecular flexibility index (Phi) is 12.6. The van der Waals surface area contributed by atoms with Gasteiger partial charge in [-0.25, -0.2) is 30.0 Å². The van der Waals surface area contributed by atoms with Gasteiger partial charge in [0, 0.05) is 29.9 Å². The molecule has 16 nitrogen and oxygen atoms in total. The van der Waals surface area contributed by atoms with Gasteiger partial charge in [-0.05, 0) is 72.2 Å². The van der Waals surface area contributed by atoms with Crippen LogP contribution in [0.15, 0.2) is 73.1 Å². The molecule has 2 aromatic heterocycles. The highest BCUT2D eigenvalue weighted by Gasteiger charge is 2.53. The number of hydrogen-bond donors (Lipinski definition) is 4. The van der Waals surface area contributed by atoms with E-state index in [-0.39, 0.29) is 42.2 Å². The van der Waals surface area contributed by atoms with E-state index < -0.39 is 30.1 Å². The average molecular weight is 861 g/mol. The van der Waals surface area contributed by atoms with Crippen LogP contribution in [0, 0.1) is 11.8 Å². The molecule has 8 rings (SSSR count). The number of carbonyl (C=O) groups is 4. The van der Waals surface area contributed by atoms with Crippen molar-refractivity contribution >= 4 is 34.8 Å². The van der Waals surface area contributed by atoms with Gasteiger partial charge in [0.05, 0.1) is 63.8 Å². The largest absolute Gasteiger partial charge is 0.453 e. The molecule has 1 saturated carbocycles. The number of benzene rings is 3. The fourth-order valence-electron chi connectivity index (χ4n) is 9.17. The van der Waals surface area contributed by atoms with Crippen molar-refractivity contribution in [2.45, 2.75) is 89.6 Å². The SMILES string of the molecule is COC(=O)NC(C(=O)N1CC2(C[C@H]1c1ncc(-c3ccc(-c4ccc5cc(-c6cnc([C@H]7CCCC[C@H]7C(=O)N(NC(=O)OC)C(C)C)[nH]6)ccc5c4)cc3)[nH]1)OCCO2)C(C)C. The lowest BCUT2D eigenvalue weighted by atomic mass is 9.78. The molecule has 0 bridgehead atoms. The predicted molar refractivity (Wildman–Crippen MR) is 235 cm³/mol. The number of nitrogens with one attached hydrogen (secondary N) is 4. The van der Waals surface area contributed by atoms with E-state index in [2.05, 4.69) is 69.2 Å². The van der Waals surface area contributed by atoms with Crippen LogP contribution in [0.1, 0.15) is 83.4 Å². The summed E-state index contributed by atoms with van der Waals surface area (Å²) in [4.78, 5) is 70.2. The molecule has 3 aliphatic rings. The van der Waals surface area contributed by atoms with Crippen molar-refractivity contribution in [1.29, 1.82) is 0 Å². The van der Waals surface area contributed by atoms with E-state index in [0.29, 0.717) is 31.9 Å². The van der Waals surface area contributed by atoms with Crippen LogP contribution in [0.4, 0.5) is 9.59 Å². The van der Waals surface area contributed by atoms with Crippen LogP contribution < -0.4 is 10.7 Å². The number of alkyl carbamates (subject to hydrolysis) is 1. The maximum absolute atomic E-state index is 14.0. The van der Waals surface area contributed by atoms with Gasteiger partial charge in [-0.2, -0.15) is 0 Å². The number of imidazole rings is 2. The Bertz CT molecular complexity index is 2460. The number of likely N-dealkylation sites (tertiary alicyclic amines) is 1. The molecular formula is C47H56N8O8. The summed E-state index contributed by atoms with van der Waals surface area (Å²) >= 11 is 0. The number of aromatic amines is 2. The summed E-state index contributed by atoms with van der Waals surface area (Å²) in [6, 6.07) is 19.5. The van der Waals surface area contributed by atoms with Gasteiger partial charge in [0.1, 0.15) is 17.7 Å². The number of methoxy groups -OCH3 is 2. The minimum atomic E-state index is -0.933. The van der Waals surface area contributed by atoms with Gasteiger partial charge < -0.3 is 39.1 Å². The van der Waals surface area contributed by atoms with Crippen molar-refractivity contribution in [3.63, 3.8) is 0 Å². The number of H-pyrrole nitrogens is 2. The molecule has 0 radical (unpaired) electrons. The maximum Gasteiger partial charge on any atom is 0.425 e. The van der Waals surface area contributed by atoms with Crippen LogP contribution in [0.25, 0.3) is 44.4 Å². The van der Waals surface area contributed by atoms with Crippen molar-refractivity contribution in [1.82, 2.24) is 40.6 Å². The normalized spacial score (nSPS) is 20.0. The minimum absolute atomic E-state index is 0.103. The molecule has 4 heterocycles. The first-order valence-electron chi connectivity index (χ1n) is 21.7. The molecule has 1 aliphatic carbocycles. The highest BCUT2D eigenvalue weighted by molar-refractivity contribution is 5.91. The lowest BCUT2D eigenvalue weighted by Gasteiger charge is -2.35. The van der Waals surface area contributed by atoms with Crippen molar-refractivity contribution in [2.24, 2.45) is 11.8 Å². The smallest absolute Gasteiger partial charge is 0.425 e. The molecule has 1 unspecified atom stereocenters. The molecule has 4 N–H and O–H groups in total. The molecular weight excluding hydrogens is 805 g/mol. The highest BCUT2D eigenvalue weighted by atomic mass is 16.7. The Labute approximate surface area is 366 Å². The topological polar surface area (TPSA) is 193 Å². The van der Waals surface area contributed by atoms with Gasteiger partial charge >= 0.3 is 12.2 Å². The second kappa shape index (κ2) is 18.2. The van der Waals surface area contributed by atoms with Crippen LogP contribution in [-0.2, 0) is 28.5 Å². The molecule has 3 fully saturated rings. The summed E-state index contributed by atoms with van der Waals surface area (Å²) in [6.45, 7) is 8.56. The maximum atomic E-state index is 14.0. The monoisotopic (exact) mass is 860 g/mol. The molecule has 2 aliphatic heterocycles. The van der Waals surface area contributed by atoms with Crippen molar-refractivity contribution < 1.29 is 38.1 Å². The fraction of sp³-hybridized carbons (Fsp3) is 0.447.